The first kappa shape index (κ1) is 25.5. The van der Waals surface area contributed by atoms with Crippen LogP contribution in [0.3, 0.4) is 0 Å². The maximum Gasteiger partial charge on any atom is 0.430 e. The number of halogens is 6. The number of alkyl halides is 6. The molecular weight excluding hydrogens is 470 g/mol. The fourth-order valence-corrected chi connectivity index (χ4v) is 3.52. The summed E-state index contributed by atoms with van der Waals surface area (Å²) in [5.41, 5.74) is -2.52. The van der Waals surface area contributed by atoms with Gasteiger partial charge < -0.3 is 14.7 Å². The number of hydrogen-bond donors (Lipinski definition) is 2. The van der Waals surface area contributed by atoms with Crippen LogP contribution in [0.1, 0.15) is 43.9 Å². The van der Waals surface area contributed by atoms with Crippen LogP contribution in [0.15, 0.2) is 24.4 Å². The van der Waals surface area contributed by atoms with Crippen molar-refractivity contribution < 1.29 is 41.0 Å². The van der Waals surface area contributed by atoms with Crippen molar-refractivity contribution in [3.63, 3.8) is 0 Å². The molecule has 0 fully saturated rings. The highest BCUT2D eigenvalue weighted by Gasteiger charge is 2.49. The van der Waals surface area contributed by atoms with Gasteiger partial charge in [-0.15, -0.1) is 0 Å². The standard InChI is InChI=1S/C21H22F6N4O3/c1-3-7-31(10-12(32)4-2)15-9-11(20(22,23)24)8-14(29-15)13-5-6-28-18-16(13)17(21(25,26)27)34-19(33)30-18/h5-6,8-9,12,17,32H,3-4,7,10H2,1-2H3,(H,28,30,33)/t12?,17-/m1/s1. The topological polar surface area (TPSA) is 87.6 Å². The molecule has 1 unspecified atom stereocenters. The number of nitrogens with zero attached hydrogens (tertiary/aromatic N) is 3. The zero-order valence-corrected chi connectivity index (χ0v) is 18.2. The van der Waals surface area contributed by atoms with Gasteiger partial charge in [-0.1, -0.05) is 13.8 Å². The van der Waals surface area contributed by atoms with E-state index in [-0.39, 0.29) is 24.5 Å². The van der Waals surface area contributed by atoms with Crippen molar-refractivity contribution in [2.75, 3.05) is 23.3 Å². The Morgan fingerprint density at radius 3 is 2.50 bits per heavy atom. The molecule has 0 bridgehead atoms. The summed E-state index contributed by atoms with van der Waals surface area (Å²) in [4.78, 5) is 21.0. The summed E-state index contributed by atoms with van der Waals surface area (Å²) >= 11 is 0. The average Bonchev–Trinajstić information content (AvgIpc) is 2.76. The molecule has 0 saturated carbocycles. The number of ether oxygens (including phenoxy) is 1. The molecular formula is C21H22F6N4O3. The van der Waals surface area contributed by atoms with E-state index in [1.165, 1.54) is 4.90 Å². The van der Waals surface area contributed by atoms with Gasteiger partial charge in [0.15, 0.2) is 0 Å². The van der Waals surface area contributed by atoms with Gasteiger partial charge in [0.25, 0.3) is 0 Å². The van der Waals surface area contributed by atoms with E-state index in [1.54, 1.807) is 13.8 Å². The Morgan fingerprint density at radius 2 is 1.91 bits per heavy atom. The van der Waals surface area contributed by atoms with Gasteiger partial charge in [-0.3, -0.25) is 5.32 Å². The van der Waals surface area contributed by atoms with E-state index >= 15 is 0 Å². The highest BCUT2D eigenvalue weighted by molar-refractivity contribution is 5.89. The Balaban J connectivity index is 2.24. The van der Waals surface area contributed by atoms with Crippen LogP contribution in [0, 0.1) is 0 Å². The van der Waals surface area contributed by atoms with Crippen LogP contribution >= 0.6 is 0 Å². The summed E-state index contributed by atoms with van der Waals surface area (Å²) in [6.45, 7) is 3.72. The first-order valence-corrected chi connectivity index (χ1v) is 10.4. The number of fused-ring (bicyclic) bond motifs is 1. The number of aliphatic hydroxyl groups excluding tert-OH is 1. The normalized spacial score (nSPS) is 17.0. The van der Waals surface area contributed by atoms with Crippen LogP contribution in [-0.4, -0.2) is 46.5 Å². The van der Waals surface area contributed by atoms with Gasteiger partial charge in [-0.2, -0.15) is 26.3 Å². The third-order valence-corrected chi connectivity index (χ3v) is 5.13. The Bertz CT molecular complexity index is 1040. The molecule has 2 N–H and O–H groups in total. The van der Waals surface area contributed by atoms with Crippen LogP contribution in [0.5, 0.6) is 0 Å². The predicted molar refractivity (Wildman–Crippen MR) is 110 cm³/mol. The maximum atomic E-state index is 13.7. The first-order valence-electron chi connectivity index (χ1n) is 10.4. The van der Waals surface area contributed by atoms with Crippen molar-refractivity contribution in [3.05, 3.63) is 35.5 Å². The number of carbonyl (C=O) groups is 1. The molecule has 2 aromatic heterocycles. The van der Waals surface area contributed by atoms with Gasteiger partial charge in [-0.25, -0.2) is 14.8 Å². The van der Waals surface area contributed by atoms with Gasteiger partial charge in [0, 0.05) is 24.8 Å². The fourth-order valence-electron chi connectivity index (χ4n) is 3.52. The van der Waals surface area contributed by atoms with Crippen molar-refractivity contribution in [2.24, 2.45) is 0 Å². The van der Waals surface area contributed by atoms with Gasteiger partial charge in [-0.05, 0) is 31.0 Å². The zero-order valence-electron chi connectivity index (χ0n) is 18.2. The summed E-state index contributed by atoms with van der Waals surface area (Å²) in [5, 5.41) is 12.1. The fraction of sp³-hybridized carbons (Fsp3) is 0.476. The van der Waals surface area contributed by atoms with E-state index in [1.807, 2.05) is 5.32 Å². The molecule has 1 aliphatic heterocycles. The second-order valence-electron chi connectivity index (χ2n) is 7.68. The van der Waals surface area contributed by atoms with E-state index in [2.05, 4.69) is 14.7 Å². The number of carbonyl (C=O) groups excluding carboxylic acids is 1. The Kier molecular flexibility index (Phi) is 7.24. The molecule has 186 valence electrons. The summed E-state index contributed by atoms with van der Waals surface area (Å²) in [5.74, 6) is -0.641. The molecule has 0 saturated heterocycles. The number of pyridine rings is 2. The highest BCUT2D eigenvalue weighted by Crippen LogP contribution is 2.46. The van der Waals surface area contributed by atoms with Crippen LogP contribution in [0.4, 0.5) is 42.8 Å². The van der Waals surface area contributed by atoms with Crippen molar-refractivity contribution in [3.8, 4) is 11.3 Å². The number of rotatable bonds is 7. The largest absolute Gasteiger partial charge is 0.431 e. The van der Waals surface area contributed by atoms with E-state index in [0.29, 0.717) is 18.9 Å². The average molecular weight is 492 g/mol. The van der Waals surface area contributed by atoms with E-state index < -0.39 is 53.3 Å². The molecule has 0 aliphatic carbocycles. The van der Waals surface area contributed by atoms with E-state index in [9.17, 15) is 36.2 Å². The number of cyclic esters (lactones) is 1. The van der Waals surface area contributed by atoms with Crippen LogP contribution in [-0.2, 0) is 10.9 Å². The number of anilines is 2. The monoisotopic (exact) mass is 492 g/mol. The predicted octanol–water partition coefficient (Wildman–Crippen LogP) is 5.32. The molecule has 7 nitrogen and oxygen atoms in total. The Hall–Kier alpha value is -3.09. The molecule has 0 aromatic carbocycles. The maximum absolute atomic E-state index is 13.7. The minimum Gasteiger partial charge on any atom is -0.431 e. The van der Waals surface area contributed by atoms with Crippen molar-refractivity contribution >= 4 is 17.7 Å². The SMILES string of the molecule is CCCN(CC(O)CC)c1cc(C(F)(F)F)cc(-c2ccnc3c2[C@H](C(F)(F)F)OC(=O)N3)n1. The number of nitrogens with one attached hydrogen (secondary N) is 1. The molecule has 1 amide bonds. The van der Waals surface area contributed by atoms with Gasteiger partial charge in [0.05, 0.1) is 22.9 Å². The molecule has 13 heteroatoms. The number of hydrogen-bond acceptors (Lipinski definition) is 6. The Labute approximate surface area is 190 Å². The molecule has 3 heterocycles. The number of aromatic nitrogens is 2. The first-order chi connectivity index (χ1) is 15.8. The summed E-state index contributed by atoms with van der Waals surface area (Å²) < 4.78 is 86.6. The summed E-state index contributed by atoms with van der Waals surface area (Å²) in [7, 11) is 0. The summed E-state index contributed by atoms with van der Waals surface area (Å²) in [6.07, 6.45) is -12.9. The lowest BCUT2D eigenvalue weighted by molar-refractivity contribution is -0.206. The van der Waals surface area contributed by atoms with E-state index in [4.69, 9.17) is 0 Å². The molecule has 3 rings (SSSR count). The van der Waals surface area contributed by atoms with Gasteiger partial charge in [0.1, 0.15) is 11.6 Å². The lowest BCUT2D eigenvalue weighted by Crippen LogP contribution is -2.34. The van der Waals surface area contributed by atoms with Crippen molar-refractivity contribution in [1.82, 2.24) is 9.97 Å². The molecule has 1 aliphatic rings. The Morgan fingerprint density at radius 1 is 1.21 bits per heavy atom. The molecule has 0 radical (unpaired) electrons. The summed E-state index contributed by atoms with van der Waals surface area (Å²) in [6, 6.07) is 2.49. The quantitative estimate of drug-likeness (QED) is 0.509. The minimum atomic E-state index is -5.05. The minimum absolute atomic E-state index is 0.0170. The lowest BCUT2D eigenvalue weighted by Gasteiger charge is -2.29. The van der Waals surface area contributed by atoms with Crippen LogP contribution < -0.4 is 10.2 Å². The molecule has 0 spiro atoms. The zero-order chi connectivity index (χ0) is 25.3. The van der Waals surface area contributed by atoms with Gasteiger partial charge in [0.2, 0.25) is 6.10 Å². The van der Waals surface area contributed by atoms with Gasteiger partial charge >= 0.3 is 18.4 Å². The highest BCUT2D eigenvalue weighted by atomic mass is 19.4. The second kappa shape index (κ2) is 9.65. The lowest BCUT2D eigenvalue weighted by atomic mass is 9.98. The van der Waals surface area contributed by atoms with Crippen molar-refractivity contribution in [2.45, 2.75) is 51.2 Å². The molecule has 2 aromatic rings. The van der Waals surface area contributed by atoms with Crippen LogP contribution in [0.25, 0.3) is 11.3 Å². The van der Waals surface area contributed by atoms with Crippen molar-refractivity contribution in [1.29, 1.82) is 0 Å². The molecule has 34 heavy (non-hydrogen) atoms. The van der Waals surface area contributed by atoms with Crippen LogP contribution in [0.2, 0.25) is 0 Å². The van der Waals surface area contributed by atoms with E-state index in [0.717, 1.165) is 18.3 Å². The second-order valence-corrected chi connectivity index (χ2v) is 7.68. The third kappa shape index (κ3) is 5.51. The number of amides is 1. The molecule has 2 atom stereocenters. The third-order valence-electron chi connectivity index (χ3n) is 5.13. The smallest absolute Gasteiger partial charge is 0.430 e. The number of aliphatic hydroxyl groups is 1.